The standard InChI is InChI=1S/C14H12BrNO3/c15-13(12-2-1-6-18-12)9-3-4-11-10(8-9)14(17)16-5-7-19-11/h1-4,6,8,13H,5,7H2,(H,16,17). The molecule has 0 saturated carbocycles. The summed E-state index contributed by atoms with van der Waals surface area (Å²) in [5.74, 6) is 1.32. The number of alkyl halides is 1. The summed E-state index contributed by atoms with van der Waals surface area (Å²) < 4.78 is 10.9. The number of furan rings is 1. The van der Waals surface area contributed by atoms with Crippen molar-refractivity contribution in [2.24, 2.45) is 0 Å². The Morgan fingerprint density at radius 2 is 2.21 bits per heavy atom. The van der Waals surface area contributed by atoms with Crippen LogP contribution < -0.4 is 10.1 Å². The van der Waals surface area contributed by atoms with E-state index in [-0.39, 0.29) is 10.7 Å². The van der Waals surface area contributed by atoms with E-state index in [0.717, 1.165) is 11.3 Å². The first-order chi connectivity index (χ1) is 9.25. The minimum atomic E-state index is -0.103. The van der Waals surface area contributed by atoms with Gasteiger partial charge in [0.05, 0.1) is 23.2 Å². The molecular formula is C14H12BrNO3. The fourth-order valence-electron chi connectivity index (χ4n) is 2.03. The van der Waals surface area contributed by atoms with Crippen molar-refractivity contribution in [1.29, 1.82) is 0 Å². The normalized spacial score (nSPS) is 15.9. The molecule has 1 aromatic heterocycles. The number of fused-ring (bicyclic) bond motifs is 1. The number of benzene rings is 1. The van der Waals surface area contributed by atoms with Gasteiger partial charge >= 0.3 is 0 Å². The topological polar surface area (TPSA) is 51.5 Å². The molecule has 2 aromatic rings. The first-order valence-corrected chi connectivity index (χ1v) is 6.89. The fourth-order valence-corrected chi connectivity index (χ4v) is 2.57. The van der Waals surface area contributed by atoms with E-state index in [1.165, 1.54) is 0 Å². The molecule has 1 aromatic carbocycles. The summed E-state index contributed by atoms with van der Waals surface area (Å²) >= 11 is 3.57. The smallest absolute Gasteiger partial charge is 0.255 e. The molecule has 0 fully saturated rings. The number of ether oxygens (including phenoxy) is 1. The maximum absolute atomic E-state index is 11.9. The van der Waals surface area contributed by atoms with Gasteiger partial charge in [0, 0.05) is 0 Å². The van der Waals surface area contributed by atoms with Crippen LogP contribution in [0, 0.1) is 0 Å². The lowest BCUT2D eigenvalue weighted by molar-refractivity contribution is 0.0957. The molecule has 0 aliphatic carbocycles. The zero-order valence-electron chi connectivity index (χ0n) is 10.1. The number of nitrogens with one attached hydrogen (secondary N) is 1. The first-order valence-electron chi connectivity index (χ1n) is 5.98. The lowest BCUT2D eigenvalue weighted by atomic mass is 10.1. The van der Waals surface area contributed by atoms with E-state index in [1.807, 2.05) is 30.3 Å². The summed E-state index contributed by atoms with van der Waals surface area (Å²) in [5, 5.41) is 2.80. The summed E-state index contributed by atoms with van der Waals surface area (Å²) in [6, 6.07) is 9.31. The number of carbonyl (C=O) groups is 1. The van der Waals surface area contributed by atoms with Crippen LogP contribution >= 0.6 is 15.9 Å². The molecule has 1 aliphatic heterocycles. The molecule has 1 aliphatic rings. The molecule has 5 heteroatoms. The number of rotatable bonds is 2. The highest BCUT2D eigenvalue weighted by atomic mass is 79.9. The highest BCUT2D eigenvalue weighted by Gasteiger charge is 2.20. The van der Waals surface area contributed by atoms with Gasteiger partial charge in [-0.2, -0.15) is 0 Å². The van der Waals surface area contributed by atoms with Gasteiger partial charge < -0.3 is 14.5 Å². The minimum Gasteiger partial charge on any atom is -0.491 e. The quantitative estimate of drug-likeness (QED) is 0.865. The van der Waals surface area contributed by atoms with Gasteiger partial charge in [-0.05, 0) is 29.8 Å². The Labute approximate surface area is 118 Å². The molecule has 1 N–H and O–H groups in total. The molecule has 19 heavy (non-hydrogen) atoms. The molecule has 1 amide bonds. The van der Waals surface area contributed by atoms with E-state index >= 15 is 0 Å². The Morgan fingerprint density at radius 1 is 1.32 bits per heavy atom. The highest BCUT2D eigenvalue weighted by Crippen LogP contribution is 2.33. The maximum atomic E-state index is 11.9. The molecule has 4 nitrogen and oxygen atoms in total. The van der Waals surface area contributed by atoms with Gasteiger partial charge in [-0.15, -0.1) is 0 Å². The third kappa shape index (κ3) is 2.38. The second-order valence-electron chi connectivity index (χ2n) is 4.24. The molecule has 1 atom stereocenters. The second-order valence-corrected chi connectivity index (χ2v) is 5.15. The number of amides is 1. The molecule has 0 saturated heterocycles. The highest BCUT2D eigenvalue weighted by molar-refractivity contribution is 9.09. The van der Waals surface area contributed by atoms with E-state index < -0.39 is 0 Å². The summed E-state index contributed by atoms with van der Waals surface area (Å²) in [4.78, 5) is 11.9. The summed E-state index contributed by atoms with van der Waals surface area (Å²) in [6.45, 7) is 1.02. The van der Waals surface area contributed by atoms with Gasteiger partial charge in [0.1, 0.15) is 18.1 Å². The Kier molecular flexibility index (Phi) is 3.29. The molecule has 0 bridgehead atoms. The molecule has 0 spiro atoms. The SMILES string of the molecule is O=C1NCCOc2ccc(C(Br)c3ccco3)cc21. The van der Waals surface area contributed by atoms with Crippen LogP contribution in [0.2, 0.25) is 0 Å². The zero-order chi connectivity index (χ0) is 13.2. The third-order valence-electron chi connectivity index (χ3n) is 2.98. The Hall–Kier alpha value is -1.75. The molecule has 2 heterocycles. The Morgan fingerprint density at radius 3 is 3.00 bits per heavy atom. The molecule has 0 radical (unpaired) electrons. The van der Waals surface area contributed by atoms with Crippen LogP contribution in [-0.2, 0) is 0 Å². The van der Waals surface area contributed by atoms with E-state index in [4.69, 9.17) is 9.15 Å². The second kappa shape index (κ2) is 5.09. The van der Waals surface area contributed by atoms with Crippen molar-refractivity contribution in [2.45, 2.75) is 4.83 Å². The van der Waals surface area contributed by atoms with Crippen LogP contribution in [0.4, 0.5) is 0 Å². The van der Waals surface area contributed by atoms with E-state index in [2.05, 4.69) is 21.2 Å². The van der Waals surface area contributed by atoms with E-state index in [9.17, 15) is 4.79 Å². The maximum Gasteiger partial charge on any atom is 0.255 e. The number of halogens is 1. The predicted molar refractivity (Wildman–Crippen MR) is 73.7 cm³/mol. The van der Waals surface area contributed by atoms with Crippen molar-refractivity contribution >= 4 is 21.8 Å². The van der Waals surface area contributed by atoms with Crippen molar-refractivity contribution in [3.8, 4) is 5.75 Å². The monoisotopic (exact) mass is 321 g/mol. The van der Waals surface area contributed by atoms with E-state index in [1.54, 1.807) is 6.26 Å². The van der Waals surface area contributed by atoms with Crippen LogP contribution in [0.15, 0.2) is 41.0 Å². The number of hydrogen-bond donors (Lipinski definition) is 1. The van der Waals surface area contributed by atoms with Crippen LogP contribution in [0.5, 0.6) is 5.75 Å². The summed E-state index contributed by atoms with van der Waals surface area (Å²) in [6.07, 6.45) is 1.63. The fraction of sp³-hybridized carbons (Fsp3) is 0.214. The lowest BCUT2D eigenvalue weighted by Crippen LogP contribution is -2.24. The third-order valence-corrected chi connectivity index (χ3v) is 3.96. The van der Waals surface area contributed by atoms with Crippen LogP contribution in [-0.4, -0.2) is 19.1 Å². The molecule has 98 valence electrons. The minimum absolute atomic E-state index is 0.0798. The summed E-state index contributed by atoms with van der Waals surface area (Å²) in [5.41, 5.74) is 1.51. The predicted octanol–water partition coefficient (Wildman–Crippen LogP) is 2.89. The van der Waals surface area contributed by atoms with Gasteiger partial charge in [0.25, 0.3) is 5.91 Å². The van der Waals surface area contributed by atoms with Crippen molar-refractivity contribution in [3.63, 3.8) is 0 Å². The van der Waals surface area contributed by atoms with Crippen molar-refractivity contribution in [1.82, 2.24) is 5.32 Å². The Balaban J connectivity index is 1.98. The molecule has 1 unspecified atom stereocenters. The average molecular weight is 322 g/mol. The first kappa shape index (κ1) is 12.3. The number of carbonyl (C=O) groups excluding carboxylic acids is 1. The van der Waals surface area contributed by atoms with Crippen molar-refractivity contribution in [3.05, 3.63) is 53.5 Å². The van der Waals surface area contributed by atoms with Crippen LogP contribution in [0.25, 0.3) is 0 Å². The van der Waals surface area contributed by atoms with E-state index in [0.29, 0.717) is 24.5 Å². The molecular weight excluding hydrogens is 310 g/mol. The van der Waals surface area contributed by atoms with Crippen molar-refractivity contribution in [2.75, 3.05) is 13.2 Å². The summed E-state index contributed by atoms with van der Waals surface area (Å²) in [7, 11) is 0. The van der Waals surface area contributed by atoms with Gasteiger partial charge in [-0.3, -0.25) is 4.79 Å². The van der Waals surface area contributed by atoms with Crippen LogP contribution in [0.1, 0.15) is 26.5 Å². The van der Waals surface area contributed by atoms with Crippen molar-refractivity contribution < 1.29 is 13.9 Å². The largest absolute Gasteiger partial charge is 0.491 e. The van der Waals surface area contributed by atoms with Gasteiger partial charge in [-0.1, -0.05) is 22.0 Å². The van der Waals surface area contributed by atoms with Gasteiger partial charge in [0.15, 0.2) is 0 Å². The van der Waals surface area contributed by atoms with Crippen LogP contribution in [0.3, 0.4) is 0 Å². The van der Waals surface area contributed by atoms with Gasteiger partial charge in [-0.25, -0.2) is 0 Å². The van der Waals surface area contributed by atoms with Gasteiger partial charge in [0.2, 0.25) is 0 Å². The average Bonchev–Trinajstić information content (AvgIpc) is 2.90. The number of hydrogen-bond acceptors (Lipinski definition) is 3. The molecule has 3 rings (SSSR count). The Bertz CT molecular complexity index is 595. The zero-order valence-corrected chi connectivity index (χ0v) is 11.6. The lowest BCUT2D eigenvalue weighted by Gasteiger charge is -2.11.